The number of likely N-dealkylation sites (N-methyl/N-ethyl adjacent to an activating group) is 1. The van der Waals surface area contributed by atoms with Crippen molar-refractivity contribution in [1.29, 1.82) is 0 Å². The van der Waals surface area contributed by atoms with Crippen molar-refractivity contribution in [1.82, 2.24) is 9.88 Å². The number of amides is 1. The number of aromatic nitrogens is 1. The van der Waals surface area contributed by atoms with Crippen molar-refractivity contribution in [2.45, 2.75) is 38.5 Å². The van der Waals surface area contributed by atoms with Crippen molar-refractivity contribution in [3.63, 3.8) is 0 Å². The highest BCUT2D eigenvalue weighted by molar-refractivity contribution is 7.09. The SMILES string of the molecule is CCCCC(N)c1nc(C(=O)N(C)CC2OCCO2)cs1. The molecule has 1 fully saturated rings. The number of carbonyl (C=O) groups is 1. The summed E-state index contributed by atoms with van der Waals surface area (Å²) in [6.45, 7) is 3.71. The predicted octanol–water partition coefficient (Wildman–Crippen LogP) is 1.78. The summed E-state index contributed by atoms with van der Waals surface area (Å²) in [5.74, 6) is -0.126. The standard InChI is InChI=1S/C14H23N3O3S/c1-3-4-5-10(15)13-16-11(9-21-13)14(18)17(2)8-12-19-6-7-20-12/h9-10,12H,3-8,15H2,1-2H3. The van der Waals surface area contributed by atoms with Crippen LogP contribution in [0, 0.1) is 0 Å². The lowest BCUT2D eigenvalue weighted by molar-refractivity contribution is -0.0543. The molecule has 1 aromatic rings. The van der Waals surface area contributed by atoms with E-state index in [-0.39, 0.29) is 18.2 Å². The summed E-state index contributed by atoms with van der Waals surface area (Å²) in [6, 6.07) is -0.0803. The van der Waals surface area contributed by atoms with Crippen molar-refractivity contribution in [2.75, 3.05) is 26.8 Å². The van der Waals surface area contributed by atoms with E-state index in [1.807, 2.05) is 0 Å². The molecule has 0 saturated carbocycles. The van der Waals surface area contributed by atoms with Gasteiger partial charge in [0.1, 0.15) is 10.7 Å². The molecule has 1 aliphatic rings. The molecule has 1 atom stereocenters. The van der Waals surface area contributed by atoms with Gasteiger partial charge in [0.15, 0.2) is 6.29 Å². The van der Waals surface area contributed by atoms with Crippen LogP contribution in [0.3, 0.4) is 0 Å². The molecular weight excluding hydrogens is 290 g/mol. The molecule has 1 unspecified atom stereocenters. The summed E-state index contributed by atoms with van der Waals surface area (Å²) in [6.07, 6.45) is 2.75. The second-order valence-corrected chi connectivity index (χ2v) is 6.07. The average Bonchev–Trinajstić information content (AvgIpc) is 3.14. The molecule has 0 radical (unpaired) electrons. The number of hydrogen-bond donors (Lipinski definition) is 1. The Labute approximate surface area is 129 Å². The van der Waals surface area contributed by atoms with E-state index in [0.717, 1.165) is 24.3 Å². The van der Waals surface area contributed by atoms with Gasteiger partial charge in [-0.3, -0.25) is 4.79 Å². The highest BCUT2D eigenvalue weighted by Crippen LogP contribution is 2.21. The van der Waals surface area contributed by atoms with Crippen LogP contribution in [0.4, 0.5) is 0 Å². The number of unbranched alkanes of at least 4 members (excludes halogenated alkanes) is 1. The third-order valence-corrected chi connectivity index (χ3v) is 4.36. The number of thiazole rings is 1. The molecule has 21 heavy (non-hydrogen) atoms. The van der Waals surface area contributed by atoms with Gasteiger partial charge in [-0.25, -0.2) is 4.98 Å². The zero-order valence-electron chi connectivity index (χ0n) is 12.6. The van der Waals surface area contributed by atoms with Gasteiger partial charge in [-0.15, -0.1) is 11.3 Å². The van der Waals surface area contributed by atoms with Crippen LogP contribution in [0.5, 0.6) is 0 Å². The molecule has 2 rings (SSSR count). The third kappa shape index (κ3) is 4.47. The second-order valence-electron chi connectivity index (χ2n) is 5.18. The minimum Gasteiger partial charge on any atom is -0.348 e. The van der Waals surface area contributed by atoms with Gasteiger partial charge in [-0.05, 0) is 6.42 Å². The Morgan fingerprint density at radius 3 is 2.95 bits per heavy atom. The molecule has 1 aliphatic heterocycles. The maximum atomic E-state index is 12.3. The molecule has 2 heterocycles. The zero-order valence-corrected chi connectivity index (χ0v) is 13.4. The van der Waals surface area contributed by atoms with E-state index in [9.17, 15) is 4.79 Å². The Hall–Kier alpha value is -1.02. The lowest BCUT2D eigenvalue weighted by Crippen LogP contribution is -2.35. The van der Waals surface area contributed by atoms with Crippen molar-refractivity contribution >= 4 is 17.2 Å². The highest BCUT2D eigenvalue weighted by Gasteiger charge is 2.23. The van der Waals surface area contributed by atoms with E-state index in [1.54, 1.807) is 17.3 Å². The summed E-state index contributed by atoms with van der Waals surface area (Å²) in [4.78, 5) is 18.3. The van der Waals surface area contributed by atoms with E-state index in [4.69, 9.17) is 15.2 Å². The maximum absolute atomic E-state index is 12.3. The smallest absolute Gasteiger partial charge is 0.273 e. The fourth-order valence-corrected chi connectivity index (χ4v) is 2.95. The van der Waals surface area contributed by atoms with Crippen molar-refractivity contribution in [3.05, 3.63) is 16.1 Å². The van der Waals surface area contributed by atoms with Crippen LogP contribution in [0.15, 0.2) is 5.38 Å². The Morgan fingerprint density at radius 1 is 1.57 bits per heavy atom. The van der Waals surface area contributed by atoms with E-state index < -0.39 is 0 Å². The first-order valence-corrected chi connectivity index (χ1v) is 8.19. The zero-order chi connectivity index (χ0) is 15.2. The number of hydrogen-bond acceptors (Lipinski definition) is 6. The van der Waals surface area contributed by atoms with Crippen LogP contribution < -0.4 is 5.73 Å². The number of nitrogens with zero attached hydrogens (tertiary/aromatic N) is 2. The summed E-state index contributed by atoms with van der Waals surface area (Å²) in [7, 11) is 1.73. The molecule has 2 N–H and O–H groups in total. The van der Waals surface area contributed by atoms with Crippen LogP contribution in [0.1, 0.15) is 47.7 Å². The molecule has 1 saturated heterocycles. The lowest BCUT2D eigenvalue weighted by atomic mass is 10.1. The minimum atomic E-state index is -0.330. The largest absolute Gasteiger partial charge is 0.348 e. The van der Waals surface area contributed by atoms with Crippen LogP contribution in [0.25, 0.3) is 0 Å². The summed E-state index contributed by atoms with van der Waals surface area (Å²) in [5.41, 5.74) is 6.53. The van der Waals surface area contributed by atoms with E-state index >= 15 is 0 Å². The van der Waals surface area contributed by atoms with Gasteiger partial charge >= 0.3 is 0 Å². The number of nitrogens with two attached hydrogens (primary N) is 1. The lowest BCUT2D eigenvalue weighted by Gasteiger charge is -2.19. The number of rotatable bonds is 7. The van der Waals surface area contributed by atoms with Crippen LogP contribution in [-0.2, 0) is 9.47 Å². The first-order valence-electron chi connectivity index (χ1n) is 7.31. The van der Waals surface area contributed by atoms with Crippen LogP contribution >= 0.6 is 11.3 Å². The Bertz CT molecular complexity index is 460. The first-order chi connectivity index (χ1) is 10.1. The highest BCUT2D eigenvalue weighted by atomic mass is 32.1. The molecule has 0 aromatic carbocycles. The first kappa shape index (κ1) is 16.4. The van der Waals surface area contributed by atoms with E-state index in [1.165, 1.54) is 11.3 Å². The van der Waals surface area contributed by atoms with E-state index in [0.29, 0.717) is 25.5 Å². The molecular formula is C14H23N3O3S. The Morgan fingerprint density at radius 2 is 2.29 bits per heavy atom. The van der Waals surface area contributed by atoms with Gasteiger partial charge in [-0.1, -0.05) is 19.8 Å². The summed E-state index contributed by atoms with van der Waals surface area (Å²) >= 11 is 1.45. The fraction of sp³-hybridized carbons (Fsp3) is 0.714. The molecule has 0 bridgehead atoms. The molecule has 118 valence electrons. The van der Waals surface area contributed by atoms with Crippen LogP contribution in [-0.4, -0.2) is 48.9 Å². The van der Waals surface area contributed by atoms with Crippen LogP contribution in [0.2, 0.25) is 0 Å². The second kappa shape index (κ2) is 7.84. The molecule has 7 heteroatoms. The van der Waals surface area contributed by atoms with Gasteiger partial charge < -0.3 is 20.1 Å². The van der Waals surface area contributed by atoms with Gasteiger partial charge in [0.2, 0.25) is 0 Å². The topological polar surface area (TPSA) is 77.7 Å². The Balaban J connectivity index is 1.91. The van der Waals surface area contributed by atoms with Crippen molar-refractivity contribution in [3.8, 4) is 0 Å². The number of ether oxygens (including phenoxy) is 2. The summed E-state index contributed by atoms with van der Waals surface area (Å²) < 4.78 is 10.7. The minimum absolute atomic E-state index is 0.0803. The molecule has 0 spiro atoms. The Kier molecular flexibility index (Phi) is 6.10. The fourth-order valence-electron chi connectivity index (χ4n) is 2.12. The molecule has 1 aromatic heterocycles. The van der Waals surface area contributed by atoms with Gasteiger partial charge in [0, 0.05) is 12.4 Å². The molecule has 1 amide bonds. The quantitative estimate of drug-likeness (QED) is 0.830. The normalized spacial score (nSPS) is 17.1. The average molecular weight is 313 g/mol. The molecule has 0 aliphatic carbocycles. The monoisotopic (exact) mass is 313 g/mol. The van der Waals surface area contributed by atoms with E-state index in [2.05, 4.69) is 11.9 Å². The predicted molar refractivity (Wildman–Crippen MR) is 81.2 cm³/mol. The van der Waals surface area contributed by atoms with Gasteiger partial charge in [0.05, 0.1) is 25.8 Å². The summed E-state index contributed by atoms with van der Waals surface area (Å²) in [5, 5.41) is 2.60. The number of carbonyl (C=O) groups excluding carboxylic acids is 1. The third-order valence-electron chi connectivity index (χ3n) is 3.39. The molecule has 6 nitrogen and oxygen atoms in total. The van der Waals surface area contributed by atoms with Gasteiger partial charge in [-0.2, -0.15) is 0 Å². The van der Waals surface area contributed by atoms with Crippen molar-refractivity contribution in [2.24, 2.45) is 5.73 Å². The maximum Gasteiger partial charge on any atom is 0.273 e. The van der Waals surface area contributed by atoms with Crippen molar-refractivity contribution < 1.29 is 14.3 Å². The van der Waals surface area contributed by atoms with Gasteiger partial charge in [0.25, 0.3) is 5.91 Å².